The molecule has 1 aliphatic heterocycles. The lowest BCUT2D eigenvalue weighted by Crippen LogP contribution is -2.65. The Hall–Kier alpha value is -2.71. The van der Waals surface area contributed by atoms with E-state index in [1.54, 1.807) is 6.20 Å². The number of hydrogen-bond donors (Lipinski definition) is 2. The van der Waals surface area contributed by atoms with Gasteiger partial charge in [0.2, 0.25) is 0 Å². The second-order valence-corrected chi connectivity index (χ2v) is 12.2. The molecule has 1 aromatic carbocycles. The molecule has 2 heterocycles. The first-order chi connectivity index (χ1) is 18.0. The summed E-state index contributed by atoms with van der Waals surface area (Å²) in [6.07, 6.45) is 7.83. The van der Waals surface area contributed by atoms with Gasteiger partial charge in [0.05, 0.1) is 30.4 Å². The van der Waals surface area contributed by atoms with E-state index in [2.05, 4.69) is 80.9 Å². The van der Waals surface area contributed by atoms with Crippen LogP contribution in [0.2, 0.25) is 0 Å². The molecule has 2 N–H and O–H groups in total. The molecule has 7 nitrogen and oxygen atoms in total. The fraction of sp³-hybridized carbons (Fsp3) is 0.567. The highest BCUT2D eigenvalue weighted by molar-refractivity contribution is 6.47. The van der Waals surface area contributed by atoms with Crippen molar-refractivity contribution in [1.82, 2.24) is 20.6 Å². The minimum absolute atomic E-state index is 0.0244. The fourth-order valence-electron chi connectivity index (χ4n) is 6.36. The summed E-state index contributed by atoms with van der Waals surface area (Å²) in [6.45, 7) is 17.9. The summed E-state index contributed by atoms with van der Waals surface area (Å²) in [5.41, 5.74) is 2.41. The third kappa shape index (κ3) is 6.13. The SMILES string of the molecule is C=C(CNC(=O)c1cnccn1)NC(CC(C)C)B1OC2CC3CC(C3(C)C)C2(C)O1.Cc1ccccc1. The molecule has 1 saturated heterocycles. The van der Waals surface area contributed by atoms with Crippen LogP contribution in [0.4, 0.5) is 0 Å². The molecule has 0 spiro atoms. The maximum Gasteiger partial charge on any atom is 0.481 e. The number of benzene rings is 1. The van der Waals surface area contributed by atoms with Crippen LogP contribution in [0.15, 0.2) is 61.2 Å². The van der Waals surface area contributed by atoms with E-state index >= 15 is 0 Å². The second-order valence-electron chi connectivity index (χ2n) is 12.2. The molecule has 2 aromatic rings. The van der Waals surface area contributed by atoms with Crippen molar-refractivity contribution in [3.63, 3.8) is 0 Å². The Morgan fingerprint density at radius 3 is 2.50 bits per heavy atom. The van der Waals surface area contributed by atoms with Crippen LogP contribution in [-0.2, 0) is 9.31 Å². The van der Waals surface area contributed by atoms with Gasteiger partial charge in [0.15, 0.2) is 0 Å². The normalized spacial score (nSPS) is 27.3. The van der Waals surface area contributed by atoms with Crippen LogP contribution in [0, 0.1) is 30.1 Å². The number of carbonyl (C=O) groups is 1. The molecule has 3 saturated carbocycles. The molecule has 4 fully saturated rings. The van der Waals surface area contributed by atoms with Gasteiger partial charge < -0.3 is 19.9 Å². The molecule has 2 bridgehead atoms. The van der Waals surface area contributed by atoms with Crippen LogP contribution in [0.25, 0.3) is 0 Å². The molecule has 38 heavy (non-hydrogen) atoms. The van der Waals surface area contributed by atoms with Crippen LogP contribution in [-0.4, -0.2) is 47.2 Å². The Morgan fingerprint density at radius 2 is 1.92 bits per heavy atom. The Kier molecular flexibility index (Phi) is 8.63. The van der Waals surface area contributed by atoms with E-state index in [0.717, 1.165) is 24.5 Å². The molecule has 0 radical (unpaired) electrons. The molecule has 8 heteroatoms. The smallest absolute Gasteiger partial charge is 0.404 e. The average molecular weight is 519 g/mol. The zero-order valence-corrected chi connectivity index (χ0v) is 23.7. The summed E-state index contributed by atoms with van der Waals surface area (Å²) >= 11 is 0. The first-order valence-electron chi connectivity index (χ1n) is 13.8. The first-order valence-corrected chi connectivity index (χ1v) is 13.8. The molecule has 1 amide bonds. The number of nitrogens with zero attached hydrogens (tertiary/aromatic N) is 2. The van der Waals surface area contributed by atoms with Crippen molar-refractivity contribution in [2.75, 3.05) is 6.54 Å². The number of rotatable bonds is 8. The summed E-state index contributed by atoms with van der Waals surface area (Å²) in [5.74, 6) is 1.42. The van der Waals surface area contributed by atoms with Crippen molar-refractivity contribution in [1.29, 1.82) is 0 Å². The third-order valence-electron chi connectivity index (χ3n) is 8.61. The van der Waals surface area contributed by atoms with Crippen molar-refractivity contribution in [2.45, 2.75) is 78.5 Å². The van der Waals surface area contributed by atoms with Gasteiger partial charge in [-0.2, -0.15) is 0 Å². The average Bonchev–Trinajstić information content (AvgIpc) is 3.25. The van der Waals surface area contributed by atoms with Crippen LogP contribution >= 0.6 is 0 Å². The van der Waals surface area contributed by atoms with Crippen molar-refractivity contribution in [2.24, 2.45) is 23.2 Å². The van der Waals surface area contributed by atoms with E-state index in [0.29, 0.717) is 23.8 Å². The minimum Gasteiger partial charge on any atom is -0.404 e. The van der Waals surface area contributed by atoms with Gasteiger partial charge in [0, 0.05) is 18.1 Å². The Balaban J connectivity index is 0.000000417. The van der Waals surface area contributed by atoms with Crippen molar-refractivity contribution >= 4 is 13.0 Å². The highest BCUT2D eigenvalue weighted by Gasteiger charge is 2.68. The van der Waals surface area contributed by atoms with Gasteiger partial charge in [0.25, 0.3) is 5.91 Å². The molecule has 5 atom stereocenters. The van der Waals surface area contributed by atoms with E-state index in [-0.39, 0.29) is 36.4 Å². The molecular weight excluding hydrogens is 475 g/mol. The fourth-order valence-corrected chi connectivity index (χ4v) is 6.36. The summed E-state index contributed by atoms with van der Waals surface area (Å²) in [7, 11) is -0.319. The topological polar surface area (TPSA) is 85.4 Å². The predicted molar refractivity (Wildman–Crippen MR) is 151 cm³/mol. The van der Waals surface area contributed by atoms with Crippen LogP contribution in [0.3, 0.4) is 0 Å². The van der Waals surface area contributed by atoms with Gasteiger partial charge in [-0.25, -0.2) is 4.98 Å². The molecule has 5 unspecified atom stereocenters. The van der Waals surface area contributed by atoms with E-state index < -0.39 is 0 Å². The van der Waals surface area contributed by atoms with Crippen LogP contribution < -0.4 is 10.6 Å². The van der Waals surface area contributed by atoms with Crippen LogP contribution in [0.1, 0.15) is 69.9 Å². The number of aryl methyl sites for hydroxylation is 1. The van der Waals surface area contributed by atoms with E-state index in [1.807, 2.05) is 18.2 Å². The maximum absolute atomic E-state index is 12.3. The summed E-state index contributed by atoms with van der Waals surface area (Å²) in [5, 5.41) is 6.32. The van der Waals surface area contributed by atoms with E-state index in [4.69, 9.17) is 9.31 Å². The highest BCUT2D eigenvalue weighted by atomic mass is 16.7. The van der Waals surface area contributed by atoms with E-state index in [1.165, 1.54) is 24.4 Å². The van der Waals surface area contributed by atoms with Gasteiger partial charge >= 0.3 is 7.12 Å². The molecular formula is C30H43BN4O3. The number of carbonyl (C=O) groups excluding carboxylic acids is 1. The lowest BCUT2D eigenvalue weighted by Gasteiger charge is -2.64. The quantitative estimate of drug-likeness (QED) is 0.479. The lowest BCUT2D eigenvalue weighted by molar-refractivity contribution is -0.199. The van der Waals surface area contributed by atoms with Gasteiger partial charge in [-0.15, -0.1) is 0 Å². The zero-order valence-electron chi connectivity index (χ0n) is 23.7. The number of nitrogens with one attached hydrogen (secondary N) is 2. The number of amides is 1. The predicted octanol–water partition coefficient (Wildman–Crippen LogP) is 4.99. The molecule has 204 valence electrons. The second kappa shape index (κ2) is 11.6. The zero-order chi connectivity index (χ0) is 27.5. The molecule has 6 rings (SSSR count). The summed E-state index contributed by atoms with van der Waals surface area (Å²) in [4.78, 5) is 20.2. The maximum atomic E-state index is 12.3. The highest BCUT2D eigenvalue weighted by Crippen LogP contribution is 2.65. The standard InChI is InChI=1S/C23H35BN4O3.C7H8/c1-14(2)9-20(28-15(3)12-27-21(29)17-13-25-7-8-26-17)24-30-19-11-16-10-18(22(16,4)5)23(19,6)31-24;1-7-5-3-2-4-6-7/h7-8,13-14,16,18-20,28H,3,9-12H2,1-2,4-6H3,(H,27,29);2-6H,1H3. The van der Waals surface area contributed by atoms with Gasteiger partial charge in [0.1, 0.15) is 5.69 Å². The van der Waals surface area contributed by atoms with Crippen molar-refractivity contribution in [3.8, 4) is 0 Å². The lowest BCUT2D eigenvalue weighted by atomic mass is 9.43. The molecule has 4 aliphatic rings. The Bertz CT molecular complexity index is 1100. The van der Waals surface area contributed by atoms with Crippen molar-refractivity contribution in [3.05, 3.63) is 72.5 Å². The molecule has 3 aliphatic carbocycles. The monoisotopic (exact) mass is 518 g/mol. The Labute approximate surface area is 228 Å². The number of aromatic nitrogens is 2. The largest absolute Gasteiger partial charge is 0.481 e. The van der Waals surface area contributed by atoms with E-state index in [9.17, 15) is 4.79 Å². The summed E-state index contributed by atoms with van der Waals surface area (Å²) < 4.78 is 13.2. The first kappa shape index (κ1) is 28.3. The summed E-state index contributed by atoms with van der Waals surface area (Å²) in [6, 6.07) is 10.3. The van der Waals surface area contributed by atoms with Crippen molar-refractivity contribution < 1.29 is 14.1 Å². The minimum atomic E-state index is -0.319. The van der Waals surface area contributed by atoms with Gasteiger partial charge in [-0.1, -0.05) is 70.2 Å². The van der Waals surface area contributed by atoms with Gasteiger partial charge in [-0.3, -0.25) is 9.78 Å². The van der Waals surface area contributed by atoms with Gasteiger partial charge in [-0.05, 0) is 56.3 Å². The number of hydrogen-bond acceptors (Lipinski definition) is 6. The molecule has 1 aromatic heterocycles. The van der Waals surface area contributed by atoms with Crippen LogP contribution in [0.5, 0.6) is 0 Å². The third-order valence-corrected chi connectivity index (χ3v) is 8.61. The Morgan fingerprint density at radius 1 is 1.18 bits per heavy atom.